The van der Waals surface area contributed by atoms with Crippen molar-refractivity contribution in [1.82, 2.24) is 9.13 Å². The Kier molecular flexibility index (Phi) is 12.3. The molecular formula is C73H40F3N7. The SMILES string of the molecule is [C-]#[N+]c1ccc(-c2ccc3c(c2)c2cc(-c4ccc([N+]#[C-])cc4)ccc2n3-c2cc(-c3ccc(C(F)(F)F)cc3C)ccc2-c2cc([N+]#[C-])ccc2-n2c3ccc(-c4ccc(C#N)cc4)cc3c3cc(-c4ccc(C#N)cc4)ccc32)cc1. The van der Waals surface area contributed by atoms with Crippen molar-refractivity contribution in [2.75, 3.05) is 0 Å². The summed E-state index contributed by atoms with van der Waals surface area (Å²) in [7, 11) is 0. The van der Waals surface area contributed by atoms with Gasteiger partial charge in [0.2, 0.25) is 0 Å². The summed E-state index contributed by atoms with van der Waals surface area (Å²) in [5.41, 5.74) is 17.4. The Bertz CT molecular complexity index is 4820. The molecule has 13 aromatic rings. The smallest absolute Gasteiger partial charge is 0.309 e. The lowest BCUT2D eigenvalue weighted by molar-refractivity contribution is -0.137. The Morgan fingerprint density at radius 3 is 1.10 bits per heavy atom. The molecule has 0 amide bonds. The van der Waals surface area contributed by atoms with Gasteiger partial charge in [-0.2, -0.15) is 23.7 Å². The van der Waals surface area contributed by atoms with Gasteiger partial charge in [0.25, 0.3) is 0 Å². The predicted octanol–water partition coefficient (Wildman–Crippen LogP) is 20.6. The molecule has 0 N–H and O–H groups in total. The van der Waals surface area contributed by atoms with Crippen LogP contribution in [-0.4, -0.2) is 9.13 Å². The predicted molar refractivity (Wildman–Crippen MR) is 326 cm³/mol. The zero-order chi connectivity index (χ0) is 57.1. The van der Waals surface area contributed by atoms with Crippen LogP contribution in [-0.2, 0) is 6.18 Å². The maximum Gasteiger partial charge on any atom is 0.416 e. The first kappa shape index (κ1) is 50.7. The molecule has 10 heteroatoms. The van der Waals surface area contributed by atoms with E-state index in [-0.39, 0.29) is 0 Å². The minimum Gasteiger partial charge on any atom is -0.309 e. The van der Waals surface area contributed by atoms with Crippen LogP contribution < -0.4 is 0 Å². The van der Waals surface area contributed by atoms with E-state index >= 15 is 0 Å². The van der Waals surface area contributed by atoms with Crippen LogP contribution in [0.4, 0.5) is 30.2 Å². The highest BCUT2D eigenvalue weighted by atomic mass is 19.4. The van der Waals surface area contributed by atoms with Crippen LogP contribution in [0.1, 0.15) is 22.3 Å². The Hall–Kier alpha value is -11.7. The average Bonchev–Trinajstić information content (AvgIpc) is 2.55. The third-order valence-electron chi connectivity index (χ3n) is 15.6. The number of nitrogens with zero attached hydrogens (tertiary/aromatic N) is 7. The van der Waals surface area contributed by atoms with Gasteiger partial charge in [0.1, 0.15) is 0 Å². The monoisotopic (exact) mass is 1070 g/mol. The summed E-state index contributed by atoms with van der Waals surface area (Å²) in [6.07, 6.45) is -4.54. The lowest BCUT2D eigenvalue weighted by Crippen LogP contribution is -2.05. The standard InChI is InChI=1S/C73H40F3N7/c1-44-35-56(73(74,75)76)22-29-60(44)55-17-28-61(72(40-55)83-69-32-20-53(49-13-23-57(79-2)24-14-49)38-64(69)65-39-54(21-33-70(65)83)50-15-25-58(80-3)26-16-50)66-41-59(81-4)27-34-71(66)82-67-30-18-51(47-9-5-45(42-77)6-10-47)36-62(67)63-37-52(19-31-68(63)82)48-11-7-46(43-78)8-12-48/h5-41H,1H3. The van der Waals surface area contributed by atoms with Crippen molar-refractivity contribution in [3.63, 3.8) is 0 Å². The number of benzene rings is 11. The fourth-order valence-corrected chi connectivity index (χ4v) is 11.5. The Morgan fingerprint density at radius 2 is 0.711 bits per heavy atom. The molecule has 0 saturated heterocycles. The molecule has 0 spiro atoms. The van der Waals surface area contributed by atoms with E-state index in [1.54, 1.807) is 55.5 Å². The highest BCUT2D eigenvalue weighted by molar-refractivity contribution is 6.14. The van der Waals surface area contributed by atoms with E-state index in [1.165, 1.54) is 12.1 Å². The summed E-state index contributed by atoms with van der Waals surface area (Å²) in [4.78, 5) is 11.2. The Labute approximate surface area is 475 Å². The van der Waals surface area contributed by atoms with Crippen LogP contribution in [0.25, 0.3) is 136 Å². The van der Waals surface area contributed by atoms with Gasteiger partial charge in [0.15, 0.2) is 17.1 Å². The maximum atomic E-state index is 14.2. The van der Waals surface area contributed by atoms with E-state index in [2.05, 4.69) is 109 Å². The second kappa shape index (κ2) is 20.2. The summed E-state index contributed by atoms with van der Waals surface area (Å²) in [5, 5.41) is 23.0. The van der Waals surface area contributed by atoms with E-state index in [0.29, 0.717) is 50.6 Å². The molecule has 13 rings (SSSR count). The minimum absolute atomic E-state index is 0.398. The molecule has 0 aliphatic rings. The number of fused-ring (bicyclic) bond motifs is 6. The summed E-state index contributed by atoms with van der Waals surface area (Å²) >= 11 is 0. The van der Waals surface area contributed by atoms with Gasteiger partial charge in [0.05, 0.1) is 82.0 Å². The first-order valence-electron chi connectivity index (χ1n) is 26.4. The second-order valence-electron chi connectivity index (χ2n) is 20.4. The molecule has 0 radical (unpaired) electrons. The van der Waals surface area contributed by atoms with Gasteiger partial charge in [-0.05, 0) is 177 Å². The molecule has 7 nitrogen and oxygen atoms in total. The van der Waals surface area contributed by atoms with E-state index in [9.17, 15) is 23.7 Å². The molecule has 0 atom stereocenters. The number of nitriles is 2. The molecule has 0 saturated carbocycles. The molecule has 2 heterocycles. The quantitative estimate of drug-likeness (QED) is 0.142. The molecule has 11 aromatic carbocycles. The molecule has 0 aliphatic heterocycles. The van der Waals surface area contributed by atoms with Crippen molar-refractivity contribution in [1.29, 1.82) is 10.5 Å². The first-order chi connectivity index (χ1) is 40.4. The van der Waals surface area contributed by atoms with Crippen molar-refractivity contribution in [2.24, 2.45) is 0 Å². The van der Waals surface area contributed by atoms with Gasteiger partial charge in [-0.25, -0.2) is 14.5 Å². The zero-order valence-electron chi connectivity index (χ0n) is 44.1. The number of hydrogen-bond acceptors (Lipinski definition) is 2. The molecular weight excluding hydrogens is 1030 g/mol. The molecule has 0 bridgehead atoms. The fourth-order valence-electron chi connectivity index (χ4n) is 11.5. The minimum atomic E-state index is -4.54. The van der Waals surface area contributed by atoms with Gasteiger partial charge < -0.3 is 9.13 Å². The number of aryl methyl sites for hydroxylation is 1. The van der Waals surface area contributed by atoms with Crippen LogP contribution in [0, 0.1) is 49.3 Å². The maximum absolute atomic E-state index is 14.2. The third kappa shape index (κ3) is 8.95. The summed E-state index contributed by atoms with van der Waals surface area (Å²) in [6, 6.07) is 75.1. The van der Waals surface area contributed by atoms with Crippen LogP contribution in [0.2, 0.25) is 0 Å². The van der Waals surface area contributed by atoms with Gasteiger partial charge in [0, 0.05) is 27.1 Å². The number of hydrogen-bond donors (Lipinski definition) is 0. The Morgan fingerprint density at radius 1 is 0.349 bits per heavy atom. The number of halogens is 3. The molecule has 0 unspecified atom stereocenters. The lowest BCUT2D eigenvalue weighted by Gasteiger charge is -2.21. The summed E-state index contributed by atoms with van der Waals surface area (Å²) in [6.45, 7) is 25.3. The van der Waals surface area contributed by atoms with E-state index < -0.39 is 11.7 Å². The highest BCUT2D eigenvalue weighted by Crippen LogP contribution is 2.46. The molecule has 83 heavy (non-hydrogen) atoms. The van der Waals surface area contributed by atoms with Crippen molar-refractivity contribution in [3.8, 4) is 90.3 Å². The summed E-state index contributed by atoms with van der Waals surface area (Å²) < 4.78 is 47.1. The van der Waals surface area contributed by atoms with Gasteiger partial charge in [-0.1, -0.05) is 121 Å². The van der Waals surface area contributed by atoms with E-state index in [0.717, 1.165) is 111 Å². The zero-order valence-corrected chi connectivity index (χ0v) is 44.1. The number of aromatic nitrogens is 2. The van der Waals surface area contributed by atoms with Crippen molar-refractivity contribution in [3.05, 3.63) is 281 Å². The first-order valence-corrected chi connectivity index (χ1v) is 26.4. The Balaban J connectivity index is 1.10. The largest absolute Gasteiger partial charge is 0.416 e. The van der Waals surface area contributed by atoms with Gasteiger partial charge in [-0.3, -0.25) is 0 Å². The number of alkyl halides is 3. The molecule has 2 aromatic heterocycles. The second-order valence-corrected chi connectivity index (χ2v) is 20.4. The highest BCUT2D eigenvalue weighted by Gasteiger charge is 2.31. The molecule has 388 valence electrons. The van der Waals surface area contributed by atoms with Gasteiger partial charge >= 0.3 is 6.18 Å². The van der Waals surface area contributed by atoms with Crippen LogP contribution >= 0.6 is 0 Å². The van der Waals surface area contributed by atoms with E-state index in [4.69, 9.17) is 19.7 Å². The van der Waals surface area contributed by atoms with Crippen LogP contribution in [0.15, 0.2) is 224 Å². The third-order valence-corrected chi connectivity index (χ3v) is 15.6. The number of rotatable bonds is 8. The molecule has 0 fully saturated rings. The lowest BCUT2D eigenvalue weighted by atomic mass is 9.93. The topological polar surface area (TPSA) is 70.5 Å². The normalized spacial score (nSPS) is 11.3. The fraction of sp³-hybridized carbons (Fsp3) is 0.0274. The average molecular weight is 1070 g/mol. The molecule has 0 aliphatic carbocycles. The van der Waals surface area contributed by atoms with Crippen LogP contribution in [0.5, 0.6) is 0 Å². The van der Waals surface area contributed by atoms with Crippen molar-refractivity contribution >= 4 is 60.7 Å². The van der Waals surface area contributed by atoms with Crippen molar-refractivity contribution in [2.45, 2.75) is 13.1 Å². The summed E-state index contributed by atoms with van der Waals surface area (Å²) in [5.74, 6) is 0. The van der Waals surface area contributed by atoms with E-state index in [1.807, 2.05) is 84.9 Å². The van der Waals surface area contributed by atoms with Crippen LogP contribution in [0.3, 0.4) is 0 Å². The van der Waals surface area contributed by atoms with Crippen molar-refractivity contribution < 1.29 is 13.2 Å². The van der Waals surface area contributed by atoms with Gasteiger partial charge in [-0.15, -0.1) is 0 Å².